The normalized spacial score (nSPS) is 20.8. The van der Waals surface area contributed by atoms with Crippen molar-refractivity contribution in [2.24, 2.45) is 11.7 Å². The zero-order valence-corrected chi connectivity index (χ0v) is 9.02. The Morgan fingerprint density at radius 1 is 1.69 bits per heavy atom. The second kappa shape index (κ2) is 4.33. The number of esters is 1. The standard InChI is InChI=1S/C9H17NO2S/c1-3-12-8(11)9(10,6-13-2)7-4-5-7/h7H,3-6,10H2,1-2H3. The quantitative estimate of drug-likeness (QED) is 0.678. The third-order valence-electron chi connectivity index (χ3n) is 2.34. The Hall–Kier alpha value is -0.220. The van der Waals surface area contributed by atoms with Crippen LogP contribution in [0, 0.1) is 5.92 Å². The van der Waals surface area contributed by atoms with Crippen LogP contribution in [0.4, 0.5) is 0 Å². The summed E-state index contributed by atoms with van der Waals surface area (Å²) < 4.78 is 4.98. The van der Waals surface area contributed by atoms with E-state index >= 15 is 0 Å². The maximum Gasteiger partial charge on any atom is 0.327 e. The smallest absolute Gasteiger partial charge is 0.327 e. The van der Waals surface area contributed by atoms with Gasteiger partial charge in [-0.3, -0.25) is 4.79 Å². The Morgan fingerprint density at radius 2 is 2.31 bits per heavy atom. The maximum atomic E-state index is 11.6. The second-order valence-corrected chi connectivity index (χ2v) is 4.33. The summed E-state index contributed by atoms with van der Waals surface area (Å²) in [5, 5.41) is 0. The first-order valence-corrected chi connectivity index (χ1v) is 5.99. The van der Waals surface area contributed by atoms with Gasteiger partial charge in [-0.1, -0.05) is 0 Å². The van der Waals surface area contributed by atoms with E-state index in [2.05, 4.69) is 0 Å². The van der Waals surface area contributed by atoms with Crippen molar-refractivity contribution in [1.29, 1.82) is 0 Å². The van der Waals surface area contributed by atoms with E-state index < -0.39 is 5.54 Å². The fraction of sp³-hybridized carbons (Fsp3) is 0.889. The highest BCUT2D eigenvalue weighted by molar-refractivity contribution is 7.98. The minimum Gasteiger partial charge on any atom is -0.465 e. The molecule has 1 atom stereocenters. The van der Waals surface area contributed by atoms with Crippen LogP contribution in [0.1, 0.15) is 19.8 Å². The topological polar surface area (TPSA) is 52.3 Å². The van der Waals surface area contributed by atoms with Crippen molar-refractivity contribution in [3.8, 4) is 0 Å². The average molecular weight is 203 g/mol. The lowest BCUT2D eigenvalue weighted by Gasteiger charge is -2.25. The van der Waals surface area contributed by atoms with E-state index in [1.165, 1.54) is 0 Å². The molecule has 1 unspecified atom stereocenters. The van der Waals surface area contributed by atoms with Crippen LogP contribution in [0.15, 0.2) is 0 Å². The fourth-order valence-corrected chi connectivity index (χ4v) is 2.28. The lowest BCUT2D eigenvalue weighted by Crippen LogP contribution is -2.53. The molecule has 1 rings (SSSR count). The molecule has 0 amide bonds. The SMILES string of the molecule is CCOC(=O)C(N)(CSC)C1CC1. The lowest BCUT2D eigenvalue weighted by molar-refractivity contribution is -0.149. The third kappa shape index (κ3) is 2.38. The van der Waals surface area contributed by atoms with Crippen molar-refractivity contribution in [2.75, 3.05) is 18.6 Å². The van der Waals surface area contributed by atoms with Gasteiger partial charge in [0.05, 0.1) is 6.61 Å². The van der Waals surface area contributed by atoms with E-state index in [0.29, 0.717) is 18.3 Å². The van der Waals surface area contributed by atoms with Gasteiger partial charge in [0.1, 0.15) is 5.54 Å². The van der Waals surface area contributed by atoms with E-state index in [0.717, 1.165) is 12.8 Å². The maximum absolute atomic E-state index is 11.6. The van der Waals surface area contributed by atoms with Gasteiger partial charge in [-0.15, -0.1) is 0 Å². The van der Waals surface area contributed by atoms with Gasteiger partial charge in [0, 0.05) is 5.75 Å². The van der Waals surface area contributed by atoms with E-state index in [4.69, 9.17) is 10.5 Å². The predicted molar refractivity (Wildman–Crippen MR) is 54.7 cm³/mol. The van der Waals surface area contributed by atoms with Crippen LogP contribution in [0.3, 0.4) is 0 Å². The molecule has 0 heterocycles. The number of rotatable bonds is 5. The highest BCUT2D eigenvalue weighted by Crippen LogP contribution is 2.40. The number of hydrogen-bond donors (Lipinski definition) is 1. The molecule has 0 bridgehead atoms. The molecule has 1 fully saturated rings. The van der Waals surface area contributed by atoms with Crippen LogP contribution in [-0.4, -0.2) is 30.1 Å². The van der Waals surface area contributed by atoms with Crippen LogP contribution < -0.4 is 5.73 Å². The molecule has 0 saturated heterocycles. The Labute approximate surface area is 83.4 Å². The number of carbonyl (C=O) groups excluding carboxylic acids is 1. The monoisotopic (exact) mass is 203 g/mol. The van der Waals surface area contributed by atoms with Gasteiger partial charge in [0.15, 0.2) is 0 Å². The average Bonchev–Trinajstić information content (AvgIpc) is 2.87. The first-order chi connectivity index (χ1) is 6.15. The van der Waals surface area contributed by atoms with Crippen molar-refractivity contribution in [2.45, 2.75) is 25.3 Å². The van der Waals surface area contributed by atoms with Crippen LogP contribution in [0.25, 0.3) is 0 Å². The molecule has 13 heavy (non-hydrogen) atoms. The number of thioether (sulfide) groups is 1. The van der Waals surface area contributed by atoms with Crippen LogP contribution in [0.2, 0.25) is 0 Å². The predicted octanol–water partition coefficient (Wildman–Crippen LogP) is 1.02. The van der Waals surface area contributed by atoms with Gasteiger partial charge < -0.3 is 10.5 Å². The van der Waals surface area contributed by atoms with Crippen molar-refractivity contribution in [3.63, 3.8) is 0 Å². The van der Waals surface area contributed by atoms with Gasteiger partial charge in [-0.05, 0) is 31.9 Å². The molecule has 76 valence electrons. The zero-order chi connectivity index (χ0) is 9.90. The Morgan fingerprint density at radius 3 is 2.69 bits per heavy atom. The third-order valence-corrected chi connectivity index (χ3v) is 3.11. The molecule has 0 aliphatic heterocycles. The Kier molecular flexibility index (Phi) is 3.62. The molecule has 0 aromatic carbocycles. The first-order valence-electron chi connectivity index (χ1n) is 4.60. The van der Waals surface area contributed by atoms with Crippen molar-refractivity contribution >= 4 is 17.7 Å². The molecule has 3 nitrogen and oxygen atoms in total. The van der Waals surface area contributed by atoms with E-state index in [9.17, 15) is 4.79 Å². The molecule has 1 aliphatic carbocycles. The van der Waals surface area contributed by atoms with Crippen molar-refractivity contribution in [1.82, 2.24) is 0 Å². The summed E-state index contributed by atoms with van der Waals surface area (Å²) in [7, 11) is 0. The largest absolute Gasteiger partial charge is 0.465 e. The zero-order valence-electron chi connectivity index (χ0n) is 8.21. The van der Waals surface area contributed by atoms with E-state index in [1.807, 2.05) is 13.2 Å². The van der Waals surface area contributed by atoms with Gasteiger partial charge in [0.2, 0.25) is 0 Å². The summed E-state index contributed by atoms with van der Waals surface area (Å²) >= 11 is 1.61. The van der Waals surface area contributed by atoms with Crippen LogP contribution >= 0.6 is 11.8 Å². The second-order valence-electron chi connectivity index (χ2n) is 3.47. The van der Waals surface area contributed by atoms with E-state index in [-0.39, 0.29) is 5.97 Å². The summed E-state index contributed by atoms with van der Waals surface area (Å²) in [5.74, 6) is 0.780. The van der Waals surface area contributed by atoms with Crippen LogP contribution in [-0.2, 0) is 9.53 Å². The summed E-state index contributed by atoms with van der Waals surface area (Å²) in [6, 6.07) is 0. The highest BCUT2D eigenvalue weighted by Gasteiger charge is 2.48. The minimum atomic E-state index is -0.727. The van der Waals surface area contributed by atoms with Gasteiger partial charge in [-0.2, -0.15) is 11.8 Å². The molecule has 0 aromatic rings. The molecule has 0 aromatic heterocycles. The van der Waals surface area contributed by atoms with Gasteiger partial charge >= 0.3 is 5.97 Å². The number of ether oxygens (including phenoxy) is 1. The first kappa shape index (κ1) is 10.9. The molecular formula is C9H17NO2S. The van der Waals surface area contributed by atoms with E-state index in [1.54, 1.807) is 11.8 Å². The molecular weight excluding hydrogens is 186 g/mol. The summed E-state index contributed by atoms with van der Waals surface area (Å²) in [4.78, 5) is 11.6. The summed E-state index contributed by atoms with van der Waals surface area (Å²) in [5.41, 5.74) is 5.32. The molecule has 1 aliphatic rings. The summed E-state index contributed by atoms with van der Waals surface area (Å²) in [6.07, 6.45) is 4.09. The van der Waals surface area contributed by atoms with Crippen molar-refractivity contribution in [3.05, 3.63) is 0 Å². The Bertz CT molecular complexity index is 194. The number of carbonyl (C=O) groups is 1. The molecule has 1 saturated carbocycles. The number of hydrogen-bond acceptors (Lipinski definition) is 4. The molecule has 0 spiro atoms. The van der Waals surface area contributed by atoms with Gasteiger partial charge in [0.25, 0.3) is 0 Å². The minimum absolute atomic E-state index is 0.230. The van der Waals surface area contributed by atoms with Crippen LogP contribution in [0.5, 0.6) is 0 Å². The Balaban J connectivity index is 2.59. The number of nitrogens with two attached hydrogens (primary N) is 1. The summed E-state index contributed by atoms with van der Waals surface area (Å²) in [6.45, 7) is 2.23. The van der Waals surface area contributed by atoms with Crippen molar-refractivity contribution < 1.29 is 9.53 Å². The molecule has 2 N–H and O–H groups in total. The molecule has 4 heteroatoms. The lowest BCUT2D eigenvalue weighted by atomic mass is 9.97. The van der Waals surface area contributed by atoms with Gasteiger partial charge in [-0.25, -0.2) is 0 Å². The highest BCUT2D eigenvalue weighted by atomic mass is 32.2. The molecule has 0 radical (unpaired) electrons. The fourth-order valence-electron chi connectivity index (χ4n) is 1.45.